The van der Waals surface area contributed by atoms with Crippen LogP contribution in [-0.4, -0.2) is 35.5 Å². The molecule has 0 unspecified atom stereocenters. The van der Waals surface area contributed by atoms with Gasteiger partial charge >= 0.3 is 0 Å². The minimum absolute atomic E-state index is 0.0426. The highest BCUT2D eigenvalue weighted by Gasteiger charge is 2.22. The Morgan fingerprint density at radius 3 is 2.62 bits per heavy atom. The lowest BCUT2D eigenvalue weighted by atomic mass is 9.92. The highest BCUT2D eigenvalue weighted by Crippen LogP contribution is 2.29. The summed E-state index contributed by atoms with van der Waals surface area (Å²) in [4.78, 5) is 24.1. The molecule has 3 heterocycles. The third-order valence-corrected chi connectivity index (χ3v) is 5.66. The van der Waals surface area contributed by atoms with E-state index in [-0.39, 0.29) is 11.3 Å². The van der Waals surface area contributed by atoms with Crippen LogP contribution in [-0.2, 0) is 11.2 Å². The minimum atomic E-state index is -0.169. The Morgan fingerprint density at radius 1 is 1.24 bits per heavy atom. The van der Waals surface area contributed by atoms with E-state index in [2.05, 4.69) is 50.9 Å². The lowest BCUT2D eigenvalue weighted by molar-refractivity contribution is 0.0920. The van der Waals surface area contributed by atoms with Crippen molar-refractivity contribution in [1.29, 1.82) is 0 Å². The molecule has 1 aliphatic rings. The van der Waals surface area contributed by atoms with Gasteiger partial charge in [-0.3, -0.25) is 4.79 Å². The van der Waals surface area contributed by atoms with E-state index >= 15 is 0 Å². The van der Waals surface area contributed by atoms with Crippen molar-refractivity contribution >= 4 is 23.5 Å². The van der Waals surface area contributed by atoms with Gasteiger partial charge in [0, 0.05) is 31.1 Å². The highest BCUT2D eigenvalue weighted by molar-refractivity contribution is 7.98. The van der Waals surface area contributed by atoms with Crippen LogP contribution in [0.5, 0.6) is 0 Å². The fraction of sp³-hybridized carbons (Fsp3) is 0.591. The van der Waals surface area contributed by atoms with Gasteiger partial charge in [-0.25, -0.2) is 9.97 Å². The molecule has 1 saturated heterocycles. The molecular formula is C22H32N4O2S. The van der Waals surface area contributed by atoms with Crippen molar-refractivity contribution in [3.8, 4) is 0 Å². The second kappa shape index (κ2) is 9.20. The maximum absolute atomic E-state index is 12.1. The van der Waals surface area contributed by atoms with Crippen molar-refractivity contribution in [1.82, 2.24) is 15.3 Å². The maximum Gasteiger partial charge on any atom is 0.287 e. The maximum atomic E-state index is 12.1. The zero-order valence-corrected chi connectivity index (χ0v) is 18.9. The number of anilines is 1. The molecule has 1 fully saturated rings. The number of furan rings is 1. The molecule has 0 radical (unpaired) electrons. The van der Waals surface area contributed by atoms with E-state index in [9.17, 15) is 4.79 Å². The molecule has 0 aliphatic carbocycles. The molecule has 29 heavy (non-hydrogen) atoms. The van der Waals surface area contributed by atoms with Gasteiger partial charge in [0.25, 0.3) is 5.91 Å². The highest BCUT2D eigenvalue weighted by atomic mass is 32.2. The number of amides is 1. The van der Waals surface area contributed by atoms with Crippen molar-refractivity contribution in [2.75, 3.05) is 24.5 Å². The first-order chi connectivity index (χ1) is 13.7. The monoisotopic (exact) mass is 416 g/mol. The topological polar surface area (TPSA) is 71.3 Å². The number of hydrogen-bond donors (Lipinski definition) is 1. The van der Waals surface area contributed by atoms with Gasteiger partial charge in [0.05, 0.1) is 11.4 Å². The van der Waals surface area contributed by atoms with E-state index in [1.54, 1.807) is 17.8 Å². The third kappa shape index (κ3) is 5.98. The van der Waals surface area contributed by atoms with Crippen LogP contribution in [0.2, 0.25) is 0 Å². The number of hydrogen-bond acceptors (Lipinski definition) is 6. The number of rotatable bonds is 7. The van der Waals surface area contributed by atoms with Crippen molar-refractivity contribution in [3.63, 3.8) is 0 Å². The first-order valence-electron chi connectivity index (χ1n) is 10.4. The molecule has 0 saturated carbocycles. The zero-order chi connectivity index (χ0) is 21.0. The largest absolute Gasteiger partial charge is 0.455 e. The van der Waals surface area contributed by atoms with Crippen molar-refractivity contribution in [2.24, 2.45) is 5.92 Å². The van der Waals surface area contributed by atoms with Gasteiger partial charge in [-0.1, -0.05) is 46.4 Å². The Morgan fingerprint density at radius 2 is 1.97 bits per heavy atom. The average molecular weight is 417 g/mol. The number of carbonyl (C=O) groups excluding carboxylic acids is 1. The van der Waals surface area contributed by atoms with Gasteiger partial charge in [-0.15, -0.1) is 0 Å². The standard InChI is InChI=1S/C22H32N4O2S/c1-15(2)13-23-20(27)17-9-8-16(28-17)14-29-21-24-18(22(3,4)5)12-19(25-21)26-10-6-7-11-26/h8-9,12,15H,6-7,10-11,13-14H2,1-5H3,(H,23,27). The molecule has 0 aromatic carbocycles. The molecule has 158 valence electrons. The predicted octanol–water partition coefficient (Wildman–Crippen LogP) is 4.65. The number of nitrogens with zero attached hydrogens (tertiary/aromatic N) is 3. The van der Waals surface area contributed by atoms with Crippen molar-refractivity contribution < 1.29 is 9.21 Å². The van der Waals surface area contributed by atoms with E-state index in [4.69, 9.17) is 14.4 Å². The number of carbonyl (C=O) groups is 1. The Hall–Kier alpha value is -2.02. The lowest BCUT2D eigenvalue weighted by Gasteiger charge is -2.22. The molecule has 1 N–H and O–H groups in total. The Labute approximate surface area is 177 Å². The molecule has 1 aliphatic heterocycles. The Bertz CT molecular complexity index is 836. The number of aromatic nitrogens is 2. The van der Waals surface area contributed by atoms with Crippen LogP contribution in [0.1, 0.15) is 69.5 Å². The van der Waals surface area contributed by atoms with Crippen LogP contribution in [0.25, 0.3) is 0 Å². The van der Waals surface area contributed by atoms with Crippen molar-refractivity contribution in [3.05, 3.63) is 35.4 Å². The molecule has 3 rings (SSSR count). The summed E-state index contributed by atoms with van der Waals surface area (Å²) in [6.45, 7) is 13.4. The second-order valence-corrected chi connectivity index (χ2v) is 9.94. The fourth-order valence-electron chi connectivity index (χ4n) is 3.07. The summed E-state index contributed by atoms with van der Waals surface area (Å²) in [6.07, 6.45) is 2.43. The van der Waals surface area contributed by atoms with E-state index < -0.39 is 0 Å². The quantitative estimate of drug-likeness (QED) is 0.523. The molecule has 2 aromatic heterocycles. The normalized spacial score (nSPS) is 14.6. The minimum Gasteiger partial charge on any atom is -0.455 e. The molecule has 0 bridgehead atoms. The summed E-state index contributed by atoms with van der Waals surface area (Å²) in [5.41, 5.74) is 1.00. The molecule has 0 atom stereocenters. The molecule has 7 heteroatoms. The molecule has 2 aromatic rings. The first kappa shape index (κ1) is 21.7. The van der Waals surface area contributed by atoms with Crippen LogP contribution >= 0.6 is 11.8 Å². The van der Waals surface area contributed by atoms with Crippen molar-refractivity contribution in [2.45, 2.75) is 63.8 Å². The molecule has 0 spiro atoms. The average Bonchev–Trinajstić information content (AvgIpc) is 3.35. The number of thioether (sulfide) groups is 1. The van der Waals surface area contributed by atoms with Gasteiger partial charge in [0.15, 0.2) is 10.9 Å². The van der Waals surface area contributed by atoms with Gasteiger partial charge in [-0.2, -0.15) is 0 Å². The number of nitrogens with one attached hydrogen (secondary N) is 1. The molecule has 6 nitrogen and oxygen atoms in total. The molecule has 1 amide bonds. The van der Waals surface area contributed by atoms with E-state index in [0.29, 0.717) is 24.0 Å². The van der Waals surface area contributed by atoms with Crippen LogP contribution in [0, 0.1) is 5.92 Å². The zero-order valence-electron chi connectivity index (χ0n) is 18.1. The summed E-state index contributed by atoms with van der Waals surface area (Å²) in [7, 11) is 0. The second-order valence-electron chi connectivity index (χ2n) is 9.00. The van der Waals surface area contributed by atoms with E-state index in [0.717, 1.165) is 35.5 Å². The lowest BCUT2D eigenvalue weighted by Crippen LogP contribution is -2.26. The fourth-order valence-corrected chi connectivity index (χ4v) is 3.81. The van der Waals surface area contributed by atoms with Crippen LogP contribution in [0.4, 0.5) is 5.82 Å². The smallest absolute Gasteiger partial charge is 0.287 e. The van der Waals surface area contributed by atoms with Crippen LogP contribution in [0.15, 0.2) is 27.8 Å². The summed E-state index contributed by atoms with van der Waals surface area (Å²) in [6, 6.07) is 5.71. The Kier molecular flexibility index (Phi) is 6.88. The van der Waals surface area contributed by atoms with Crippen LogP contribution < -0.4 is 10.2 Å². The van der Waals surface area contributed by atoms with Gasteiger partial charge in [-0.05, 0) is 30.9 Å². The van der Waals surface area contributed by atoms with Crippen LogP contribution in [0.3, 0.4) is 0 Å². The SMILES string of the molecule is CC(C)CNC(=O)c1ccc(CSc2nc(N3CCCC3)cc(C(C)(C)C)n2)o1. The van der Waals surface area contributed by atoms with Gasteiger partial charge in [0.2, 0.25) is 0 Å². The first-order valence-corrected chi connectivity index (χ1v) is 11.3. The summed E-state index contributed by atoms with van der Waals surface area (Å²) in [5.74, 6) is 2.93. The van der Waals surface area contributed by atoms with Gasteiger partial charge < -0.3 is 14.6 Å². The summed E-state index contributed by atoms with van der Waals surface area (Å²) < 4.78 is 5.73. The summed E-state index contributed by atoms with van der Waals surface area (Å²) in [5, 5.41) is 3.63. The molecular weight excluding hydrogens is 384 g/mol. The van der Waals surface area contributed by atoms with E-state index in [1.165, 1.54) is 12.8 Å². The Balaban J connectivity index is 1.70. The van der Waals surface area contributed by atoms with Gasteiger partial charge in [0.1, 0.15) is 11.6 Å². The van der Waals surface area contributed by atoms with E-state index in [1.807, 2.05) is 6.07 Å². The predicted molar refractivity (Wildman–Crippen MR) is 118 cm³/mol. The third-order valence-electron chi connectivity index (χ3n) is 4.79. The summed E-state index contributed by atoms with van der Waals surface area (Å²) >= 11 is 1.55.